The number of hydrogen-bond acceptors (Lipinski definition) is 4. The Labute approximate surface area is 112 Å². The third kappa shape index (κ3) is 5.11. The van der Waals surface area contributed by atoms with E-state index in [-0.39, 0.29) is 11.1 Å². The van der Waals surface area contributed by atoms with Crippen molar-refractivity contribution in [3.05, 3.63) is 17.5 Å². The lowest BCUT2D eigenvalue weighted by atomic mass is 9.88. The van der Waals surface area contributed by atoms with Crippen LogP contribution in [-0.4, -0.2) is 28.2 Å². The second-order valence-corrected chi connectivity index (χ2v) is 5.79. The highest BCUT2D eigenvalue weighted by molar-refractivity contribution is 5.94. The lowest BCUT2D eigenvalue weighted by Gasteiger charge is -2.21. The van der Waals surface area contributed by atoms with Crippen LogP contribution < -0.4 is 5.32 Å². The first-order valence-corrected chi connectivity index (χ1v) is 6.16. The van der Waals surface area contributed by atoms with Crippen LogP contribution in [-0.2, 0) is 4.79 Å². The number of rotatable bonds is 5. The SMILES string of the molecule is Cc1cc(C(=O)NC(CCC(C)(C)C)C(=O)O)no1. The van der Waals surface area contributed by atoms with Gasteiger partial charge in [0, 0.05) is 6.07 Å². The zero-order valence-corrected chi connectivity index (χ0v) is 11.7. The quantitative estimate of drug-likeness (QED) is 0.852. The van der Waals surface area contributed by atoms with Crippen LogP contribution >= 0.6 is 0 Å². The van der Waals surface area contributed by atoms with Crippen molar-refractivity contribution in [1.29, 1.82) is 0 Å². The Balaban J connectivity index is 2.63. The van der Waals surface area contributed by atoms with E-state index in [9.17, 15) is 9.59 Å². The van der Waals surface area contributed by atoms with Crippen LogP contribution in [0.25, 0.3) is 0 Å². The maximum Gasteiger partial charge on any atom is 0.326 e. The average Bonchev–Trinajstić information content (AvgIpc) is 2.69. The van der Waals surface area contributed by atoms with E-state index in [1.807, 2.05) is 20.8 Å². The molecule has 6 nitrogen and oxygen atoms in total. The van der Waals surface area contributed by atoms with E-state index in [1.165, 1.54) is 6.07 Å². The van der Waals surface area contributed by atoms with Crippen LogP contribution in [0.2, 0.25) is 0 Å². The number of amides is 1. The number of carboxylic acids is 1. The normalized spacial score (nSPS) is 13.1. The molecule has 0 aliphatic heterocycles. The molecular weight excluding hydrogens is 248 g/mol. The molecule has 0 radical (unpaired) electrons. The monoisotopic (exact) mass is 268 g/mol. The summed E-state index contributed by atoms with van der Waals surface area (Å²) in [4.78, 5) is 22.9. The maximum atomic E-state index is 11.8. The lowest BCUT2D eigenvalue weighted by molar-refractivity contribution is -0.139. The van der Waals surface area contributed by atoms with Gasteiger partial charge in [0.05, 0.1) is 0 Å². The van der Waals surface area contributed by atoms with E-state index in [1.54, 1.807) is 6.92 Å². The van der Waals surface area contributed by atoms with E-state index in [2.05, 4.69) is 10.5 Å². The number of nitrogens with zero attached hydrogens (tertiary/aromatic N) is 1. The molecule has 1 unspecified atom stereocenters. The van der Waals surface area contributed by atoms with E-state index in [0.717, 1.165) is 0 Å². The van der Waals surface area contributed by atoms with Crippen molar-refractivity contribution < 1.29 is 19.2 Å². The van der Waals surface area contributed by atoms with Crippen LogP contribution in [0.3, 0.4) is 0 Å². The Morgan fingerprint density at radius 1 is 1.47 bits per heavy atom. The molecule has 0 bridgehead atoms. The summed E-state index contributed by atoms with van der Waals surface area (Å²) in [5.74, 6) is -1.07. The molecule has 0 saturated heterocycles. The van der Waals surface area contributed by atoms with Crippen LogP contribution in [0, 0.1) is 12.3 Å². The lowest BCUT2D eigenvalue weighted by Crippen LogP contribution is -2.41. The van der Waals surface area contributed by atoms with Gasteiger partial charge >= 0.3 is 5.97 Å². The van der Waals surface area contributed by atoms with Gasteiger partial charge in [0.1, 0.15) is 11.8 Å². The third-order valence-electron chi connectivity index (χ3n) is 2.65. The first kappa shape index (κ1) is 15.2. The summed E-state index contributed by atoms with van der Waals surface area (Å²) in [5.41, 5.74) is 0.114. The molecule has 19 heavy (non-hydrogen) atoms. The first-order valence-electron chi connectivity index (χ1n) is 6.16. The van der Waals surface area contributed by atoms with E-state index >= 15 is 0 Å². The number of aryl methyl sites for hydroxylation is 1. The molecule has 1 rings (SSSR count). The van der Waals surface area contributed by atoms with Crippen LogP contribution in [0.5, 0.6) is 0 Å². The third-order valence-corrected chi connectivity index (χ3v) is 2.65. The number of carbonyl (C=O) groups excluding carboxylic acids is 1. The van der Waals surface area contributed by atoms with Gasteiger partial charge in [0.25, 0.3) is 5.91 Å². The number of aliphatic carboxylic acids is 1. The molecule has 1 atom stereocenters. The highest BCUT2D eigenvalue weighted by atomic mass is 16.5. The molecule has 6 heteroatoms. The van der Waals surface area contributed by atoms with E-state index < -0.39 is 17.9 Å². The van der Waals surface area contributed by atoms with Crippen LogP contribution in [0.1, 0.15) is 49.9 Å². The van der Waals surface area contributed by atoms with Gasteiger partial charge in [-0.25, -0.2) is 4.79 Å². The highest BCUT2D eigenvalue weighted by Gasteiger charge is 2.24. The number of carboxylic acid groups (broad SMARTS) is 1. The number of nitrogens with one attached hydrogen (secondary N) is 1. The molecule has 0 aliphatic carbocycles. The van der Waals surface area contributed by atoms with Gasteiger partial charge in [-0.3, -0.25) is 4.79 Å². The number of hydrogen-bond donors (Lipinski definition) is 2. The Kier molecular flexibility index (Phi) is 4.69. The second-order valence-electron chi connectivity index (χ2n) is 5.79. The van der Waals surface area contributed by atoms with E-state index in [4.69, 9.17) is 9.63 Å². The molecule has 0 saturated carbocycles. The zero-order valence-electron chi connectivity index (χ0n) is 11.7. The van der Waals surface area contributed by atoms with Crippen molar-refractivity contribution in [2.75, 3.05) is 0 Å². The summed E-state index contributed by atoms with van der Waals surface area (Å²) in [7, 11) is 0. The van der Waals surface area contributed by atoms with Crippen molar-refractivity contribution in [2.24, 2.45) is 5.41 Å². The van der Waals surface area contributed by atoms with Gasteiger partial charge < -0.3 is 14.9 Å². The second kappa shape index (κ2) is 5.86. The Morgan fingerprint density at radius 2 is 2.11 bits per heavy atom. The van der Waals surface area contributed by atoms with Crippen molar-refractivity contribution in [2.45, 2.75) is 46.6 Å². The summed E-state index contributed by atoms with van der Waals surface area (Å²) in [6.45, 7) is 7.73. The van der Waals surface area contributed by atoms with Crippen LogP contribution in [0.15, 0.2) is 10.6 Å². The molecule has 0 aromatic carbocycles. The Hall–Kier alpha value is -1.85. The molecule has 2 N–H and O–H groups in total. The minimum atomic E-state index is -1.04. The summed E-state index contributed by atoms with van der Waals surface area (Å²) in [6.07, 6.45) is 1.07. The topological polar surface area (TPSA) is 92.4 Å². The van der Waals surface area contributed by atoms with Crippen LogP contribution in [0.4, 0.5) is 0 Å². The van der Waals surface area contributed by atoms with Crippen molar-refractivity contribution >= 4 is 11.9 Å². The Bertz CT molecular complexity index is 459. The maximum absolute atomic E-state index is 11.8. The van der Waals surface area contributed by atoms with Crippen molar-refractivity contribution in [1.82, 2.24) is 10.5 Å². The average molecular weight is 268 g/mol. The summed E-state index contributed by atoms with van der Waals surface area (Å²) >= 11 is 0. The minimum absolute atomic E-state index is 0.0168. The minimum Gasteiger partial charge on any atom is -0.480 e. The largest absolute Gasteiger partial charge is 0.480 e. The van der Waals surface area contributed by atoms with Gasteiger partial charge in [-0.2, -0.15) is 0 Å². The molecule has 0 aliphatic rings. The van der Waals surface area contributed by atoms with Gasteiger partial charge in [-0.1, -0.05) is 25.9 Å². The van der Waals surface area contributed by atoms with Crippen molar-refractivity contribution in [3.63, 3.8) is 0 Å². The van der Waals surface area contributed by atoms with Gasteiger partial charge in [0.2, 0.25) is 0 Å². The smallest absolute Gasteiger partial charge is 0.326 e. The molecular formula is C13H20N2O4. The predicted octanol–water partition coefficient (Wildman–Crippen LogP) is 1.99. The van der Waals surface area contributed by atoms with E-state index in [0.29, 0.717) is 18.6 Å². The highest BCUT2D eigenvalue weighted by Crippen LogP contribution is 2.21. The molecule has 1 aromatic rings. The molecule has 106 valence electrons. The zero-order chi connectivity index (χ0) is 14.6. The Morgan fingerprint density at radius 3 is 2.53 bits per heavy atom. The molecule has 0 spiro atoms. The number of carbonyl (C=O) groups is 2. The fourth-order valence-electron chi connectivity index (χ4n) is 1.54. The molecule has 1 amide bonds. The predicted molar refractivity (Wildman–Crippen MR) is 68.8 cm³/mol. The molecule has 1 aromatic heterocycles. The summed E-state index contributed by atoms with van der Waals surface area (Å²) in [5, 5.41) is 15.1. The first-order chi connectivity index (χ1) is 8.69. The summed E-state index contributed by atoms with van der Waals surface area (Å²) < 4.78 is 4.78. The van der Waals surface area contributed by atoms with Gasteiger partial charge in [-0.05, 0) is 25.2 Å². The molecule has 0 fully saturated rings. The van der Waals surface area contributed by atoms with Crippen molar-refractivity contribution in [3.8, 4) is 0 Å². The standard InChI is InChI=1S/C13H20N2O4/c1-8-7-10(15-19-8)11(16)14-9(12(17)18)5-6-13(2,3)4/h7,9H,5-6H2,1-4H3,(H,14,16)(H,17,18). The van der Waals surface area contributed by atoms with Gasteiger partial charge in [-0.15, -0.1) is 0 Å². The summed E-state index contributed by atoms with van der Waals surface area (Å²) in [6, 6.07) is 0.557. The van der Waals surface area contributed by atoms with Gasteiger partial charge in [0.15, 0.2) is 5.69 Å². The fourth-order valence-corrected chi connectivity index (χ4v) is 1.54. The fraction of sp³-hybridized carbons (Fsp3) is 0.615. The number of aromatic nitrogens is 1. The molecule has 1 heterocycles.